The molecule has 0 saturated carbocycles. The van der Waals surface area contributed by atoms with Gasteiger partial charge in [0, 0.05) is 16.3 Å². The van der Waals surface area contributed by atoms with Gasteiger partial charge in [-0.05, 0) is 48.2 Å². The summed E-state index contributed by atoms with van der Waals surface area (Å²) in [5, 5.41) is 7.51. The molecule has 2 aromatic carbocycles. The highest BCUT2D eigenvalue weighted by Gasteiger charge is 2.14. The highest BCUT2D eigenvalue weighted by atomic mass is 35.5. The molecular formula is C21H23Cl2N3O2. The first-order chi connectivity index (χ1) is 13.1. The van der Waals surface area contributed by atoms with Crippen LogP contribution >= 0.6 is 23.2 Å². The number of halogens is 2. The number of hydrazone groups is 1. The third kappa shape index (κ3) is 6.36. The van der Waals surface area contributed by atoms with Crippen molar-refractivity contribution in [1.82, 2.24) is 5.43 Å². The minimum atomic E-state index is -0.332. The average molecular weight is 420 g/mol. The van der Waals surface area contributed by atoms with Gasteiger partial charge in [-0.1, -0.05) is 56.1 Å². The normalized spacial score (nSPS) is 11.9. The zero-order chi connectivity index (χ0) is 20.9. The van der Waals surface area contributed by atoms with Gasteiger partial charge >= 0.3 is 0 Å². The minimum Gasteiger partial charge on any atom is -0.324 e. The Morgan fingerprint density at radius 3 is 2.25 bits per heavy atom. The van der Waals surface area contributed by atoms with Gasteiger partial charge in [0.15, 0.2) is 0 Å². The van der Waals surface area contributed by atoms with E-state index in [4.69, 9.17) is 23.2 Å². The first-order valence-corrected chi connectivity index (χ1v) is 9.51. The van der Waals surface area contributed by atoms with E-state index in [1.165, 1.54) is 0 Å². The molecule has 0 aliphatic rings. The van der Waals surface area contributed by atoms with Crippen LogP contribution in [0.15, 0.2) is 47.6 Å². The average Bonchev–Trinajstić information content (AvgIpc) is 2.61. The van der Waals surface area contributed by atoms with Crippen molar-refractivity contribution in [3.8, 4) is 0 Å². The Morgan fingerprint density at radius 1 is 1.04 bits per heavy atom. The Balaban J connectivity index is 1.92. The van der Waals surface area contributed by atoms with E-state index < -0.39 is 0 Å². The summed E-state index contributed by atoms with van der Waals surface area (Å²) in [7, 11) is 0. The molecule has 0 aliphatic heterocycles. The Hall–Kier alpha value is -2.37. The molecule has 7 heteroatoms. The van der Waals surface area contributed by atoms with Crippen LogP contribution in [-0.4, -0.2) is 17.5 Å². The van der Waals surface area contributed by atoms with Crippen LogP contribution in [0.2, 0.25) is 10.0 Å². The number of carbonyl (C=O) groups is 2. The lowest BCUT2D eigenvalue weighted by Crippen LogP contribution is -2.21. The Morgan fingerprint density at radius 2 is 1.68 bits per heavy atom. The lowest BCUT2D eigenvalue weighted by Gasteiger charge is -2.18. The lowest BCUT2D eigenvalue weighted by atomic mass is 9.87. The fraction of sp³-hybridized carbons (Fsp3) is 0.286. The van der Waals surface area contributed by atoms with Crippen LogP contribution in [0.3, 0.4) is 0 Å². The number of carbonyl (C=O) groups excluding carboxylic acids is 2. The molecule has 0 aromatic heterocycles. The van der Waals surface area contributed by atoms with E-state index in [1.54, 1.807) is 37.3 Å². The maximum atomic E-state index is 12.2. The number of hydrogen-bond acceptors (Lipinski definition) is 3. The fourth-order valence-electron chi connectivity index (χ4n) is 2.39. The smallest absolute Gasteiger partial charge is 0.271 e. The highest BCUT2D eigenvalue weighted by molar-refractivity contribution is 6.36. The molecule has 0 bridgehead atoms. The van der Waals surface area contributed by atoms with E-state index in [1.807, 2.05) is 12.1 Å². The monoisotopic (exact) mass is 419 g/mol. The molecule has 0 unspecified atom stereocenters. The molecule has 28 heavy (non-hydrogen) atoms. The van der Waals surface area contributed by atoms with Crippen molar-refractivity contribution in [3.05, 3.63) is 63.6 Å². The second-order valence-corrected chi connectivity index (χ2v) is 8.31. The van der Waals surface area contributed by atoms with Crippen molar-refractivity contribution in [2.24, 2.45) is 5.10 Å². The summed E-state index contributed by atoms with van der Waals surface area (Å²) in [6.45, 7) is 7.99. The van der Waals surface area contributed by atoms with Gasteiger partial charge < -0.3 is 5.32 Å². The van der Waals surface area contributed by atoms with Crippen molar-refractivity contribution in [2.45, 2.75) is 39.5 Å². The summed E-state index contributed by atoms with van der Waals surface area (Å²) in [6, 6.07) is 12.2. The van der Waals surface area contributed by atoms with Gasteiger partial charge in [-0.2, -0.15) is 5.10 Å². The molecule has 0 radical (unpaired) electrons. The molecule has 2 amide bonds. The Kier molecular flexibility index (Phi) is 7.22. The van der Waals surface area contributed by atoms with Crippen LogP contribution < -0.4 is 10.7 Å². The second kappa shape index (κ2) is 9.22. The third-order valence-electron chi connectivity index (χ3n) is 3.98. The lowest BCUT2D eigenvalue weighted by molar-refractivity contribution is -0.115. The van der Waals surface area contributed by atoms with Crippen molar-refractivity contribution in [1.29, 1.82) is 0 Å². The summed E-state index contributed by atoms with van der Waals surface area (Å²) >= 11 is 11.9. The topological polar surface area (TPSA) is 70.6 Å². The number of nitrogens with one attached hydrogen (secondary N) is 2. The molecule has 2 N–H and O–H groups in total. The molecule has 0 aliphatic carbocycles. The van der Waals surface area contributed by atoms with Gasteiger partial charge in [-0.3, -0.25) is 9.59 Å². The summed E-state index contributed by atoms with van der Waals surface area (Å²) in [4.78, 5) is 24.3. The molecule has 0 atom stereocenters. The van der Waals surface area contributed by atoms with E-state index in [0.29, 0.717) is 27.0 Å². The van der Waals surface area contributed by atoms with Gasteiger partial charge in [-0.15, -0.1) is 0 Å². The molecule has 0 spiro atoms. The van der Waals surface area contributed by atoms with Crippen molar-refractivity contribution in [3.63, 3.8) is 0 Å². The summed E-state index contributed by atoms with van der Waals surface area (Å²) in [6.07, 6.45) is 0.0161. The molecule has 0 fully saturated rings. The van der Waals surface area contributed by atoms with Gasteiger partial charge in [0.05, 0.1) is 17.1 Å². The van der Waals surface area contributed by atoms with Crippen LogP contribution in [0.5, 0.6) is 0 Å². The van der Waals surface area contributed by atoms with E-state index >= 15 is 0 Å². The summed E-state index contributed by atoms with van der Waals surface area (Å²) < 4.78 is 0. The summed E-state index contributed by atoms with van der Waals surface area (Å²) in [5.74, 6) is -0.629. The van der Waals surface area contributed by atoms with E-state index in [-0.39, 0.29) is 23.7 Å². The largest absolute Gasteiger partial charge is 0.324 e. The van der Waals surface area contributed by atoms with E-state index in [2.05, 4.69) is 36.6 Å². The highest BCUT2D eigenvalue weighted by Crippen LogP contribution is 2.25. The number of benzene rings is 2. The molecule has 5 nitrogen and oxygen atoms in total. The maximum Gasteiger partial charge on any atom is 0.271 e. The van der Waals surface area contributed by atoms with Crippen LogP contribution in [0, 0.1) is 0 Å². The van der Waals surface area contributed by atoms with Crippen molar-refractivity contribution >= 4 is 46.4 Å². The molecule has 148 valence electrons. The fourth-order valence-corrected chi connectivity index (χ4v) is 2.85. The first kappa shape index (κ1) is 21.9. The van der Waals surface area contributed by atoms with Gasteiger partial charge in [-0.25, -0.2) is 5.43 Å². The Labute approximate surface area is 175 Å². The maximum absolute atomic E-state index is 12.2. The van der Waals surface area contributed by atoms with Crippen LogP contribution in [0.25, 0.3) is 0 Å². The molecular weight excluding hydrogens is 397 g/mol. The van der Waals surface area contributed by atoms with Crippen molar-refractivity contribution in [2.75, 3.05) is 5.32 Å². The molecule has 0 heterocycles. The number of hydrogen-bond donors (Lipinski definition) is 2. The third-order valence-corrected chi connectivity index (χ3v) is 4.53. The van der Waals surface area contributed by atoms with E-state index in [9.17, 15) is 9.59 Å². The van der Waals surface area contributed by atoms with Crippen LogP contribution in [0.4, 0.5) is 5.69 Å². The first-order valence-electron chi connectivity index (χ1n) is 8.75. The van der Waals surface area contributed by atoms with Crippen LogP contribution in [-0.2, 0) is 10.2 Å². The second-order valence-electron chi connectivity index (χ2n) is 7.46. The number of anilines is 1. The molecule has 0 saturated heterocycles. The predicted molar refractivity (Wildman–Crippen MR) is 115 cm³/mol. The van der Waals surface area contributed by atoms with E-state index in [0.717, 1.165) is 5.56 Å². The quantitative estimate of drug-likeness (QED) is 0.501. The standard InChI is InChI=1S/C21H23Cl2N3O2/c1-13(11-19(27)24-18-10-9-16(22)12-17(18)23)25-26-20(28)14-5-7-15(8-6-14)21(2,3)4/h5-10,12H,11H2,1-4H3,(H,24,27)(H,26,28)/b25-13+. The van der Waals surface area contributed by atoms with Gasteiger partial charge in [0.25, 0.3) is 5.91 Å². The number of nitrogens with zero attached hydrogens (tertiary/aromatic N) is 1. The molecule has 2 aromatic rings. The van der Waals surface area contributed by atoms with Crippen LogP contribution in [0.1, 0.15) is 50.0 Å². The SMILES string of the molecule is C/C(CC(=O)Nc1ccc(Cl)cc1Cl)=N\NC(=O)c1ccc(C(C)(C)C)cc1. The van der Waals surface area contributed by atoms with Gasteiger partial charge in [0.1, 0.15) is 0 Å². The Bertz CT molecular complexity index is 901. The molecule has 2 rings (SSSR count). The zero-order valence-electron chi connectivity index (χ0n) is 16.3. The number of rotatable bonds is 5. The van der Waals surface area contributed by atoms with Gasteiger partial charge in [0.2, 0.25) is 5.91 Å². The minimum absolute atomic E-state index is 0.0161. The predicted octanol–water partition coefficient (Wildman–Crippen LogP) is 5.43. The summed E-state index contributed by atoms with van der Waals surface area (Å²) in [5.41, 5.74) is 5.06. The number of amides is 2. The van der Waals surface area contributed by atoms with Crippen molar-refractivity contribution < 1.29 is 9.59 Å². The zero-order valence-corrected chi connectivity index (χ0v) is 17.8.